The zero-order valence-corrected chi connectivity index (χ0v) is 11.7. The van der Waals surface area contributed by atoms with Crippen LogP contribution < -0.4 is 5.73 Å². The monoisotopic (exact) mass is 267 g/mol. The molecule has 0 saturated carbocycles. The van der Waals surface area contributed by atoms with Crippen LogP contribution in [0.15, 0.2) is 12.5 Å². The summed E-state index contributed by atoms with van der Waals surface area (Å²) in [4.78, 5) is 17.8. The van der Waals surface area contributed by atoms with E-state index in [1.165, 1.54) is 32.1 Å². The third-order valence-electron chi connectivity index (χ3n) is 3.33. The predicted octanol–water partition coefficient (Wildman–Crippen LogP) is 3.34. The quantitative estimate of drug-likeness (QED) is 0.638. The van der Waals surface area contributed by atoms with Gasteiger partial charge in [0.1, 0.15) is 0 Å². The van der Waals surface area contributed by atoms with Crippen LogP contribution in [0.1, 0.15) is 63.5 Å². The van der Waals surface area contributed by atoms with Gasteiger partial charge in [0.2, 0.25) is 0 Å². The van der Waals surface area contributed by atoms with E-state index in [0.29, 0.717) is 12.5 Å². The summed E-state index contributed by atoms with van der Waals surface area (Å²) in [7, 11) is 0. The minimum Gasteiger partial charge on any atom is -0.450 e. The Balaban J connectivity index is 2.31. The van der Waals surface area contributed by atoms with Gasteiger partial charge in [0, 0.05) is 17.8 Å². The van der Waals surface area contributed by atoms with Crippen molar-refractivity contribution in [1.82, 2.24) is 9.97 Å². The number of imidazole rings is 1. The van der Waals surface area contributed by atoms with Gasteiger partial charge in [0.15, 0.2) is 0 Å². The normalized spacial score (nSPS) is 12.3. The molecule has 0 aliphatic carbocycles. The van der Waals surface area contributed by atoms with Gasteiger partial charge in [-0.3, -0.25) is 0 Å². The molecule has 19 heavy (non-hydrogen) atoms. The number of nitrogens with one attached hydrogen (secondary N) is 1. The average Bonchev–Trinajstić information content (AvgIpc) is 2.89. The molecule has 108 valence electrons. The number of H-pyrrole nitrogens is 1. The van der Waals surface area contributed by atoms with Crippen molar-refractivity contribution in [2.24, 2.45) is 5.73 Å². The Morgan fingerprint density at radius 1 is 1.37 bits per heavy atom. The van der Waals surface area contributed by atoms with Gasteiger partial charge in [-0.25, -0.2) is 9.78 Å². The van der Waals surface area contributed by atoms with Crippen LogP contribution in [-0.4, -0.2) is 22.7 Å². The first-order valence-corrected chi connectivity index (χ1v) is 7.14. The largest absolute Gasteiger partial charge is 0.450 e. The molecule has 0 aromatic carbocycles. The van der Waals surface area contributed by atoms with E-state index in [9.17, 15) is 4.79 Å². The summed E-state index contributed by atoms with van der Waals surface area (Å²) in [5.74, 6) is 0.364. The van der Waals surface area contributed by atoms with Crippen LogP contribution in [0.25, 0.3) is 0 Å². The maximum Gasteiger partial charge on any atom is 0.404 e. The van der Waals surface area contributed by atoms with Gasteiger partial charge in [-0.05, 0) is 12.8 Å². The number of rotatable bonds is 10. The van der Waals surface area contributed by atoms with Gasteiger partial charge in [-0.2, -0.15) is 0 Å². The highest BCUT2D eigenvalue weighted by molar-refractivity contribution is 5.64. The summed E-state index contributed by atoms with van der Waals surface area (Å²) < 4.78 is 4.82. The highest BCUT2D eigenvalue weighted by Crippen LogP contribution is 2.24. The lowest BCUT2D eigenvalue weighted by atomic mass is 9.95. The van der Waals surface area contributed by atoms with E-state index in [1.807, 2.05) is 6.20 Å². The molecule has 0 fully saturated rings. The lowest BCUT2D eigenvalue weighted by Crippen LogP contribution is -2.15. The number of primary amides is 1. The zero-order valence-electron chi connectivity index (χ0n) is 11.7. The summed E-state index contributed by atoms with van der Waals surface area (Å²) in [5, 5.41) is 0. The predicted molar refractivity (Wildman–Crippen MR) is 74.9 cm³/mol. The number of aromatic amines is 1. The fourth-order valence-electron chi connectivity index (χ4n) is 2.24. The first-order chi connectivity index (χ1) is 9.24. The molecule has 1 heterocycles. The minimum atomic E-state index is -0.702. The number of carbonyl (C=O) groups excluding carboxylic acids is 1. The molecule has 5 nitrogen and oxygen atoms in total. The molecule has 1 atom stereocenters. The van der Waals surface area contributed by atoms with Gasteiger partial charge in [0.25, 0.3) is 0 Å². The Labute approximate surface area is 114 Å². The number of hydrogen-bond donors (Lipinski definition) is 2. The van der Waals surface area contributed by atoms with Crippen molar-refractivity contribution in [3.8, 4) is 0 Å². The molecule has 5 heteroatoms. The molecule has 3 N–H and O–H groups in total. The van der Waals surface area contributed by atoms with Gasteiger partial charge in [-0.15, -0.1) is 0 Å². The fraction of sp³-hybridized carbons (Fsp3) is 0.714. The Morgan fingerprint density at radius 2 is 2.16 bits per heavy atom. The van der Waals surface area contributed by atoms with Crippen molar-refractivity contribution in [3.05, 3.63) is 18.2 Å². The lowest BCUT2D eigenvalue weighted by Gasteiger charge is -2.15. The number of ether oxygens (including phenoxy) is 1. The van der Waals surface area contributed by atoms with Crippen LogP contribution in [0.4, 0.5) is 4.79 Å². The summed E-state index contributed by atoms with van der Waals surface area (Å²) in [6.45, 7) is 2.59. The Bertz CT molecular complexity index is 338. The van der Waals surface area contributed by atoms with E-state index in [1.54, 1.807) is 6.33 Å². The molecule has 1 aromatic heterocycles. The number of aromatic nitrogens is 2. The fourth-order valence-corrected chi connectivity index (χ4v) is 2.24. The Kier molecular flexibility index (Phi) is 7.70. The van der Waals surface area contributed by atoms with E-state index < -0.39 is 6.09 Å². The second kappa shape index (κ2) is 9.42. The van der Waals surface area contributed by atoms with Crippen molar-refractivity contribution in [3.63, 3.8) is 0 Å². The van der Waals surface area contributed by atoms with E-state index in [2.05, 4.69) is 16.9 Å². The molecule has 0 bridgehead atoms. The van der Waals surface area contributed by atoms with Crippen LogP contribution in [-0.2, 0) is 4.74 Å². The third-order valence-corrected chi connectivity index (χ3v) is 3.33. The molecule has 0 radical (unpaired) electrons. The molecular formula is C14H25N3O2. The molecule has 1 amide bonds. The smallest absolute Gasteiger partial charge is 0.404 e. The summed E-state index contributed by atoms with van der Waals surface area (Å²) in [6, 6.07) is 0. The van der Waals surface area contributed by atoms with Crippen LogP contribution in [0.5, 0.6) is 0 Å². The van der Waals surface area contributed by atoms with Crippen molar-refractivity contribution in [2.75, 3.05) is 6.61 Å². The summed E-state index contributed by atoms with van der Waals surface area (Å²) in [5.41, 5.74) is 6.09. The van der Waals surface area contributed by atoms with Crippen LogP contribution in [0.3, 0.4) is 0 Å². The van der Waals surface area contributed by atoms with E-state index in [0.717, 1.165) is 18.5 Å². The third kappa shape index (κ3) is 6.84. The second-order valence-electron chi connectivity index (χ2n) is 4.86. The van der Waals surface area contributed by atoms with Crippen molar-refractivity contribution in [1.29, 1.82) is 0 Å². The highest BCUT2D eigenvalue weighted by Gasteiger charge is 2.13. The van der Waals surface area contributed by atoms with Crippen LogP contribution in [0.2, 0.25) is 0 Å². The molecule has 0 aliphatic heterocycles. The molecule has 0 aliphatic rings. The zero-order chi connectivity index (χ0) is 13.9. The number of hydrogen-bond acceptors (Lipinski definition) is 3. The second-order valence-corrected chi connectivity index (χ2v) is 4.86. The standard InChI is InChI=1S/C14H25N3O2/c1-2-3-4-5-6-7-12(8-9-19-14(15)18)13-10-16-11-17-13/h10-12H,2-9H2,1H3,(H2,15,18)(H,16,17). The van der Waals surface area contributed by atoms with Crippen molar-refractivity contribution < 1.29 is 9.53 Å². The first kappa shape index (κ1) is 15.5. The Morgan fingerprint density at radius 3 is 2.79 bits per heavy atom. The van der Waals surface area contributed by atoms with Crippen LogP contribution in [0, 0.1) is 0 Å². The summed E-state index contributed by atoms with van der Waals surface area (Å²) in [6.07, 6.45) is 11.0. The molecule has 1 unspecified atom stereocenters. The summed E-state index contributed by atoms with van der Waals surface area (Å²) >= 11 is 0. The lowest BCUT2D eigenvalue weighted by molar-refractivity contribution is 0.152. The van der Waals surface area contributed by atoms with Gasteiger partial charge < -0.3 is 15.5 Å². The van der Waals surface area contributed by atoms with Crippen LogP contribution >= 0.6 is 0 Å². The molecule has 0 saturated heterocycles. The van der Waals surface area contributed by atoms with E-state index in [4.69, 9.17) is 10.5 Å². The first-order valence-electron chi connectivity index (χ1n) is 7.14. The maximum absolute atomic E-state index is 10.6. The highest BCUT2D eigenvalue weighted by atomic mass is 16.5. The molecular weight excluding hydrogens is 242 g/mol. The maximum atomic E-state index is 10.6. The molecule has 0 spiro atoms. The number of nitrogens with two attached hydrogens (primary N) is 1. The average molecular weight is 267 g/mol. The minimum absolute atomic E-state index is 0.364. The number of unbranched alkanes of at least 4 members (excludes halogenated alkanes) is 4. The molecule has 1 aromatic rings. The van der Waals surface area contributed by atoms with Crippen molar-refractivity contribution in [2.45, 2.75) is 57.8 Å². The van der Waals surface area contributed by atoms with Gasteiger partial charge in [-0.1, -0.05) is 39.0 Å². The Hall–Kier alpha value is -1.52. The van der Waals surface area contributed by atoms with Gasteiger partial charge >= 0.3 is 6.09 Å². The number of amides is 1. The number of nitrogens with zero attached hydrogens (tertiary/aromatic N) is 1. The number of carbonyl (C=O) groups is 1. The topological polar surface area (TPSA) is 81.0 Å². The van der Waals surface area contributed by atoms with Crippen molar-refractivity contribution >= 4 is 6.09 Å². The molecule has 1 rings (SSSR count). The van der Waals surface area contributed by atoms with E-state index in [-0.39, 0.29) is 0 Å². The van der Waals surface area contributed by atoms with Gasteiger partial charge in [0.05, 0.1) is 12.9 Å². The SMILES string of the molecule is CCCCCCCC(CCOC(N)=O)c1cnc[nH]1. The van der Waals surface area contributed by atoms with E-state index >= 15 is 0 Å².